The van der Waals surface area contributed by atoms with Crippen molar-refractivity contribution >= 4 is 0 Å². The van der Waals surface area contributed by atoms with E-state index in [-0.39, 0.29) is 26.1 Å². The van der Waals surface area contributed by atoms with Crippen LogP contribution in [-0.2, 0) is 9.47 Å². The first-order valence-corrected chi connectivity index (χ1v) is 13.6. The first-order valence-electron chi connectivity index (χ1n) is 13.6. The lowest BCUT2D eigenvalue weighted by atomic mass is 9.90. The molecule has 214 valence electrons. The van der Waals surface area contributed by atoms with Gasteiger partial charge in [0.1, 0.15) is 24.4 Å². The summed E-state index contributed by atoms with van der Waals surface area (Å²) >= 11 is 0. The van der Waals surface area contributed by atoms with Crippen LogP contribution in [0.5, 0.6) is 0 Å². The molecule has 5 rings (SSSR count). The van der Waals surface area contributed by atoms with E-state index in [1.54, 1.807) is 0 Å². The molecule has 0 amide bonds. The molecule has 2 saturated heterocycles. The summed E-state index contributed by atoms with van der Waals surface area (Å²) in [5.41, 5.74) is 6.62. The molecule has 0 aliphatic carbocycles. The van der Waals surface area contributed by atoms with Crippen LogP contribution in [0.25, 0.3) is 22.5 Å². The number of hydrogen-bond acceptors (Lipinski definition) is 9. The third kappa shape index (κ3) is 5.70. The van der Waals surface area contributed by atoms with Crippen molar-refractivity contribution in [3.8, 4) is 22.5 Å². The van der Waals surface area contributed by atoms with Gasteiger partial charge in [-0.05, 0) is 60.4 Å². The SMILES string of the molecule is Cc1cc(-c2cccc(-c3ccc([C@H]4OC(CO)CC(O)C4O)c(C)c3)n2)ccc1C1O[C@H](CO)C(O)C[C@@H]1O. The Bertz CT molecular complexity index is 1330. The van der Waals surface area contributed by atoms with Crippen molar-refractivity contribution in [1.29, 1.82) is 0 Å². The molecule has 1 aromatic heterocycles. The summed E-state index contributed by atoms with van der Waals surface area (Å²) in [6.45, 7) is 3.30. The van der Waals surface area contributed by atoms with Crippen LogP contribution in [0.1, 0.15) is 47.3 Å². The minimum absolute atomic E-state index is 0.132. The quantitative estimate of drug-likeness (QED) is 0.271. The largest absolute Gasteiger partial charge is 0.394 e. The maximum atomic E-state index is 10.5. The molecule has 0 bridgehead atoms. The second-order valence-electron chi connectivity index (χ2n) is 10.9. The maximum absolute atomic E-state index is 10.5. The van der Waals surface area contributed by atoms with E-state index in [0.29, 0.717) is 0 Å². The second kappa shape index (κ2) is 12.0. The van der Waals surface area contributed by atoms with Crippen LogP contribution in [0.3, 0.4) is 0 Å². The Hall–Kier alpha value is -2.73. The zero-order chi connectivity index (χ0) is 28.6. The highest BCUT2D eigenvalue weighted by molar-refractivity contribution is 5.68. The summed E-state index contributed by atoms with van der Waals surface area (Å²) in [5, 5.41) is 60.4. The molecule has 0 saturated carbocycles. The molecule has 8 atom stereocenters. The van der Waals surface area contributed by atoms with Gasteiger partial charge in [0, 0.05) is 24.0 Å². The average molecular weight is 552 g/mol. The molecule has 40 heavy (non-hydrogen) atoms. The Morgan fingerprint density at radius 1 is 0.700 bits per heavy atom. The van der Waals surface area contributed by atoms with Gasteiger partial charge in [0.05, 0.1) is 49.0 Å². The molecule has 2 aliphatic heterocycles. The molecule has 2 aromatic carbocycles. The van der Waals surface area contributed by atoms with Crippen LogP contribution in [0.4, 0.5) is 0 Å². The fourth-order valence-corrected chi connectivity index (χ4v) is 5.73. The molecule has 5 unspecified atom stereocenters. The summed E-state index contributed by atoms with van der Waals surface area (Å²) in [6, 6.07) is 17.3. The summed E-state index contributed by atoms with van der Waals surface area (Å²) < 4.78 is 11.7. The monoisotopic (exact) mass is 551 g/mol. The van der Waals surface area contributed by atoms with E-state index in [0.717, 1.165) is 44.8 Å². The van der Waals surface area contributed by atoms with Gasteiger partial charge in [-0.3, -0.25) is 0 Å². The fourth-order valence-electron chi connectivity index (χ4n) is 5.73. The summed E-state index contributed by atoms with van der Waals surface area (Å²) in [7, 11) is 0. The molecule has 3 aromatic rings. The Balaban J connectivity index is 1.38. The van der Waals surface area contributed by atoms with Crippen molar-refractivity contribution in [3.05, 3.63) is 76.9 Å². The van der Waals surface area contributed by atoms with Gasteiger partial charge in [-0.1, -0.05) is 30.3 Å². The van der Waals surface area contributed by atoms with Gasteiger partial charge in [-0.15, -0.1) is 0 Å². The topological polar surface area (TPSA) is 153 Å². The predicted molar refractivity (Wildman–Crippen MR) is 147 cm³/mol. The molecule has 2 aliphatic rings. The lowest BCUT2D eigenvalue weighted by molar-refractivity contribution is -0.182. The van der Waals surface area contributed by atoms with Crippen molar-refractivity contribution in [3.63, 3.8) is 0 Å². The van der Waals surface area contributed by atoms with E-state index in [1.807, 2.05) is 68.4 Å². The highest BCUT2D eigenvalue weighted by Crippen LogP contribution is 2.37. The molecule has 9 nitrogen and oxygen atoms in total. The van der Waals surface area contributed by atoms with Gasteiger partial charge in [0.2, 0.25) is 0 Å². The Kier molecular flexibility index (Phi) is 8.65. The van der Waals surface area contributed by atoms with E-state index < -0.39 is 48.8 Å². The molecule has 6 N–H and O–H groups in total. The number of aliphatic hydroxyl groups is 6. The van der Waals surface area contributed by atoms with Crippen molar-refractivity contribution in [2.24, 2.45) is 0 Å². The van der Waals surface area contributed by atoms with Gasteiger partial charge < -0.3 is 40.1 Å². The predicted octanol–water partition coefficient (Wildman–Crippen LogP) is 2.12. The molecular formula is C31H37NO8. The van der Waals surface area contributed by atoms with Gasteiger partial charge in [0.25, 0.3) is 0 Å². The van der Waals surface area contributed by atoms with Crippen molar-refractivity contribution < 1.29 is 40.1 Å². The van der Waals surface area contributed by atoms with E-state index >= 15 is 0 Å². The van der Waals surface area contributed by atoms with Crippen LogP contribution in [0.15, 0.2) is 54.6 Å². The minimum atomic E-state index is -1.08. The average Bonchev–Trinajstić information content (AvgIpc) is 2.95. The zero-order valence-electron chi connectivity index (χ0n) is 22.6. The van der Waals surface area contributed by atoms with Crippen LogP contribution in [0, 0.1) is 13.8 Å². The maximum Gasteiger partial charge on any atom is 0.112 e. The Morgan fingerprint density at radius 3 is 1.85 bits per heavy atom. The van der Waals surface area contributed by atoms with E-state index in [1.165, 1.54) is 0 Å². The van der Waals surface area contributed by atoms with E-state index in [9.17, 15) is 30.6 Å². The molecule has 3 heterocycles. The van der Waals surface area contributed by atoms with Gasteiger partial charge >= 0.3 is 0 Å². The zero-order valence-corrected chi connectivity index (χ0v) is 22.6. The van der Waals surface area contributed by atoms with E-state index in [4.69, 9.17) is 14.5 Å². The number of ether oxygens (including phenoxy) is 2. The standard InChI is InChI=1S/C31H37NO8/c1-16-10-18(6-8-21(16)30-27(37)13-25(35)28(15-34)40-30)23-4-3-5-24(32-23)19-7-9-22(17(2)11-19)31-29(38)26(36)12-20(14-33)39-31/h3-11,20,25-31,33-38H,12-15H2,1-2H3/t20?,25?,26?,27-,28+,29?,30?,31+/m0/s1. The summed E-state index contributed by atoms with van der Waals surface area (Å²) in [6.07, 6.45) is -6.19. The number of nitrogens with zero attached hydrogens (tertiary/aromatic N) is 1. The normalized spacial score (nSPS) is 30.8. The Labute approximate surface area is 233 Å². The van der Waals surface area contributed by atoms with Crippen molar-refractivity contribution in [2.75, 3.05) is 13.2 Å². The summed E-state index contributed by atoms with van der Waals surface area (Å²) in [5.74, 6) is 0. The van der Waals surface area contributed by atoms with Crippen LogP contribution in [0.2, 0.25) is 0 Å². The molecular weight excluding hydrogens is 514 g/mol. The number of hydrogen-bond donors (Lipinski definition) is 6. The number of aliphatic hydroxyl groups excluding tert-OH is 6. The Morgan fingerprint density at radius 2 is 1.30 bits per heavy atom. The van der Waals surface area contributed by atoms with E-state index in [2.05, 4.69) is 0 Å². The van der Waals surface area contributed by atoms with Crippen LogP contribution < -0.4 is 0 Å². The number of benzene rings is 2. The number of rotatable bonds is 6. The number of pyridine rings is 1. The first-order chi connectivity index (χ1) is 19.2. The third-order valence-corrected chi connectivity index (χ3v) is 8.01. The first kappa shape index (κ1) is 28.8. The molecule has 0 radical (unpaired) electrons. The minimum Gasteiger partial charge on any atom is -0.394 e. The van der Waals surface area contributed by atoms with Gasteiger partial charge in [-0.25, -0.2) is 4.98 Å². The van der Waals surface area contributed by atoms with Gasteiger partial charge in [-0.2, -0.15) is 0 Å². The smallest absolute Gasteiger partial charge is 0.112 e. The molecule has 0 spiro atoms. The van der Waals surface area contributed by atoms with Gasteiger partial charge in [0.15, 0.2) is 0 Å². The third-order valence-electron chi connectivity index (χ3n) is 8.01. The fraction of sp³-hybridized carbons (Fsp3) is 0.452. The van der Waals surface area contributed by atoms with Crippen molar-refractivity contribution in [1.82, 2.24) is 4.98 Å². The number of aryl methyl sites for hydroxylation is 2. The van der Waals surface area contributed by atoms with Crippen LogP contribution >= 0.6 is 0 Å². The highest BCUT2D eigenvalue weighted by atomic mass is 16.5. The molecule has 2 fully saturated rings. The summed E-state index contributed by atoms with van der Waals surface area (Å²) in [4.78, 5) is 4.88. The highest BCUT2D eigenvalue weighted by Gasteiger charge is 2.38. The second-order valence-corrected chi connectivity index (χ2v) is 10.9. The van der Waals surface area contributed by atoms with Crippen LogP contribution in [-0.4, -0.2) is 85.5 Å². The van der Waals surface area contributed by atoms with Crippen molar-refractivity contribution in [2.45, 2.75) is 75.5 Å². The molecule has 9 heteroatoms. The lowest BCUT2D eigenvalue weighted by Crippen LogP contribution is -2.44. The number of aromatic nitrogens is 1. The lowest BCUT2D eigenvalue weighted by Gasteiger charge is -2.37.